The number of rotatable bonds is 5. The Labute approximate surface area is 108 Å². The van der Waals surface area contributed by atoms with E-state index in [1.54, 1.807) is 13.0 Å². The number of carbonyl (C=O) groups excluding carboxylic acids is 3. The molecule has 1 aromatic heterocycles. The molecular weight excluding hydrogens is 256 g/mol. The summed E-state index contributed by atoms with van der Waals surface area (Å²) in [6.45, 7) is 1.68. The molecule has 1 heterocycles. The smallest absolute Gasteiger partial charge is 0.321 e. The Morgan fingerprint density at radius 3 is 2.78 bits per heavy atom. The maximum absolute atomic E-state index is 11.3. The molecule has 0 atom stereocenters. The molecule has 7 heteroatoms. The number of thiophene rings is 1. The number of carbonyl (C=O) groups is 3. The average molecular weight is 270 g/mol. The molecule has 0 saturated heterocycles. The lowest BCUT2D eigenvalue weighted by atomic mass is 10.3. The van der Waals surface area contributed by atoms with Gasteiger partial charge in [-0.05, 0) is 18.4 Å². The summed E-state index contributed by atoms with van der Waals surface area (Å²) in [7, 11) is 0. The second-order valence-corrected chi connectivity index (χ2v) is 4.36. The molecule has 0 aliphatic carbocycles. The van der Waals surface area contributed by atoms with E-state index in [4.69, 9.17) is 4.74 Å². The van der Waals surface area contributed by atoms with Gasteiger partial charge in [0, 0.05) is 11.4 Å². The predicted octanol–water partition coefficient (Wildman–Crippen LogP) is 0.680. The van der Waals surface area contributed by atoms with Gasteiger partial charge in [-0.15, -0.1) is 11.3 Å². The van der Waals surface area contributed by atoms with E-state index in [0.29, 0.717) is 6.54 Å². The summed E-state index contributed by atoms with van der Waals surface area (Å²) in [5.74, 6) is -1.15. The Morgan fingerprint density at radius 1 is 1.39 bits per heavy atom. The van der Waals surface area contributed by atoms with E-state index >= 15 is 0 Å². The van der Waals surface area contributed by atoms with Gasteiger partial charge in [-0.3, -0.25) is 14.9 Å². The van der Waals surface area contributed by atoms with Crippen LogP contribution in [-0.2, 0) is 20.7 Å². The van der Waals surface area contributed by atoms with Crippen molar-refractivity contribution in [3.8, 4) is 0 Å². The number of amides is 3. The zero-order valence-electron chi connectivity index (χ0n) is 9.89. The van der Waals surface area contributed by atoms with Crippen LogP contribution in [0, 0.1) is 0 Å². The summed E-state index contributed by atoms with van der Waals surface area (Å²) >= 11 is 1.44. The molecule has 0 unspecified atom stereocenters. The third kappa shape index (κ3) is 5.44. The van der Waals surface area contributed by atoms with Gasteiger partial charge in [0.15, 0.2) is 6.61 Å². The van der Waals surface area contributed by atoms with E-state index in [1.165, 1.54) is 11.3 Å². The first-order valence-corrected chi connectivity index (χ1v) is 6.25. The molecule has 3 amide bonds. The van der Waals surface area contributed by atoms with Gasteiger partial charge in [-0.25, -0.2) is 4.79 Å². The highest BCUT2D eigenvalue weighted by atomic mass is 32.1. The van der Waals surface area contributed by atoms with Crippen molar-refractivity contribution >= 4 is 29.2 Å². The molecule has 1 rings (SSSR count). The zero-order valence-corrected chi connectivity index (χ0v) is 10.7. The number of urea groups is 1. The van der Waals surface area contributed by atoms with Gasteiger partial charge in [0.05, 0.1) is 6.42 Å². The largest absolute Gasteiger partial charge is 0.455 e. The summed E-state index contributed by atoms with van der Waals surface area (Å²) in [5.41, 5.74) is 0. The van der Waals surface area contributed by atoms with Crippen LogP contribution in [-0.4, -0.2) is 31.1 Å². The van der Waals surface area contributed by atoms with Crippen LogP contribution in [0.15, 0.2) is 17.5 Å². The van der Waals surface area contributed by atoms with Crippen molar-refractivity contribution in [3.63, 3.8) is 0 Å². The third-order valence-corrected chi connectivity index (χ3v) is 2.73. The molecule has 0 bridgehead atoms. The molecule has 98 valence electrons. The van der Waals surface area contributed by atoms with E-state index in [-0.39, 0.29) is 6.42 Å². The Morgan fingerprint density at radius 2 is 2.17 bits per heavy atom. The molecule has 0 aromatic carbocycles. The van der Waals surface area contributed by atoms with Gasteiger partial charge < -0.3 is 10.1 Å². The van der Waals surface area contributed by atoms with Crippen LogP contribution in [0.25, 0.3) is 0 Å². The highest BCUT2D eigenvalue weighted by Gasteiger charge is 2.11. The van der Waals surface area contributed by atoms with Crippen LogP contribution in [0.3, 0.4) is 0 Å². The third-order valence-electron chi connectivity index (χ3n) is 1.85. The molecule has 0 saturated carbocycles. The molecule has 1 aromatic rings. The SMILES string of the molecule is CCNC(=O)NC(=O)COC(=O)Cc1cccs1. The zero-order chi connectivity index (χ0) is 13.4. The van der Waals surface area contributed by atoms with E-state index in [0.717, 1.165) is 4.88 Å². The first-order valence-electron chi connectivity index (χ1n) is 5.37. The standard InChI is InChI=1S/C11H14N2O4S/c1-2-12-11(16)13-9(14)7-17-10(15)6-8-4-3-5-18-8/h3-5H,2,6-7H2,1H3,(H2,12,13,14,16). The minimum Gasteiger partial charge on any atom is -0.455 e. The molecule has 18 heavy (non-hydrogen) atoms. The minimum absolute atomic E-state index is 0.131. The van der Waals surface area contributed by atoms with Gasteiger partial charge in [0.2, 0.25) is 0 Å². The van der Waals surface area contributed by atoms with E-state index in [9.17, 15) is 14.4 Å². The molecule has 6 nitrogen and oxygen atoms in total. The number of ether oxygens (including phenoxy) is 1. The molecule has 0 fully saturated rings. The first kappa shape index (κ1) is 14.2. The van der Waals surface area contributed by atoms with Crippen LogP contribution in [0.5, 0.6) is 0 Å². The summed E-state index contributed by atoms with van der Waals surface area (Å²) in [5, 5.41) is 6.27. The minimum atomic E-state index is -0.652. The van der Waals surface area contributed by atoms with Crippen molar-refractivity contribution in [1.29, 1.82) is 0 Å². The lowest BCUT2D eigenvalue weighted by molar-refractivity contribution is -0.147. The van der Waals surface area contributed by atoms with E-state index < -0.39 is 24.5 Å². The lowest BCUT2D eigenvalue weighted by Crippen LogP contribution is -2.41. The number of hydrogen-bond donors (Lipinski definition) is 2. The fourth-order valence-electron chi connectivity index (χ4n) is 1.12. The molecule has 0 aliphatic rings. The van der Waals surface area contributed by atoms with Crippen molar-refractivity contribution in [2.24, 2.45) is 0 Å². The number of hydrogen-bond acceptors (Lipinski definition) is 5. The van der Waals surface area contributed by atoms with Gasteiger partial charge >= 0.3 is 12.0 Å². The number of esters is 1. The van der Waals surface area contributed by atoms with Crippen LogP contribution in [0.2, 0.25) is 0 Å². The molecule has 0 aliphatic heterocycles. The second-order valence-electron chi connectivity index (χ2n) is 3.32. The monoisotopic (exact) mass is 270 g/mol. The molecule has 2 N–H and O–H groups in total. The van der Waals surface area contributed by atoms with Gasteiger partial charge in [0.1, 0.15) is 0 Å². The summed E-state index contributed by atoms with van der Waals surface area (Å²) in [6.07, 6.45) is 0.131. The Kier molecular flexibility index (Phi) is 5.86. The van der Waals surface area contributed by atoms with Crippen molar-refractivity contribution in [2.45, 2.75) is 13.3 Å². The first-order chi connectivity index (χ1) is 8.61. The maximum atomic E-state index is 11.3. The maximum Gasteiger partial charge on any atom is 0.321 e. The van der Waals surface area contributed by atoms with Crippen molar-refractivity contribution in [1.82, 2.24) is 10.6 Å². The number of nitrogens with one attached hydrogen (secondary N) is 2. The topological polar surface area (TPSA) is 84.5 Å². The average Bonchev–Trinajstić information content (AvgIpc) is 2.79. The molecular formula is C11H14N2O4S. The Bertz CT molecular complexity index is 417. The van der Waals surface area contributed by atoms with Crippen molar-refractivity contribution < 1.29 is 19.1 Å². The van der Waals surface area contributed by atoms with Crippen LogP contribution >= 0.6 is 11.3 Å². The summed E-state index contributed by atoms with van der Waals surface area (Å²) in [4.78, 5) is 34.4. The van der Waals surface area contributed by atoms with Crippen molar-refractivity contribution in [3.05, 3.63) is 22.4 Å². The van der Waals surface area contributed by atoms with Gasteiger partial charge in [-0.1, -0.05) is 6.07 Å². The summed E-state index contributed by atoms with van der Waals surface area (Å²) < 4.78 is 4.73. The fourth-order valence-corrected chi connectivity index (χ4v) is 1.81. The Balaban J connectivity index is 2.21. The highest BCUT2D eigenvalue weighted by molar-refractivity contribution is 7.10. The van der Waals surface area contributed by atoms with Gasteiger partial charge in [-0.2, -0.15) is 0 Å². The van der Waals surface area contributed by atoms with E-state index in [2.05, 4.69) is 5.32 Å². The summed E-state index contributed by atoms with van der Waals surface area (Å²) in [6, 6.07) is 3.03. The fraction of sp³-hybridized carbons (Fsp3) is 0.364. The van der Waals surface area contributed by atoms with Crippen LogP contribution in [0.1, 0.15) is 11.8 Å². The van der Waals surface area contributed by atoms with E-state index in [1.807, 2.05) is 16.8 Å². The normalized spacial score (nSPS) is 9.61. The second kappa shape index (κ2) is 7.44. The predicted molar refractivity (Wildman–Crippen MR) is 66.2 cm³/mol. The van der Waals surface area contributed by atoms with Gasteiger partial charge in [0.25, 0.3) is 5.91 Å². The molecule has 0 spiro atoms. The van der Waals surface area contributed by atoms with Crippen LogP contribution < -0.4 is 10.6 Å². The van der Waals surface area contributed by atoms with Crippen molar-refractivity contribution in [2.75, 3.05) is 13.2 Å². The number of imide groups is 1. The molecule has 0 radical (unpaired) electrons. The Hall–Kier alpha value is -1.89. The van der Waals surface area contributed by atoms with Crippen LogP contribution in [0.4, 0.5) is 4.79 Å². The lowest BCUT2D eigenvalue weighted by Gasteiger charge is -2.05. The highest BCUT2D eigenvalue weighted by Crippen LogP contribution is 2.09. The quantitative estimate of drug-likeness (QED) is 0.771.